The second-order valence-electron chi connectivity index (χ2n) is 8.70. The van der Waals surface area contributed by atoms with Crippen LogP contribution in [-0.2, 0) is 14.3 Å². The molecule has 8 nitrogen and oxygen atoms in total. The molecule has 0 radical (unpaired) electrons. The lowest BCUT2D eigenvalue weighted by Crippen LogP contribution is -2.56. The van der Waals surface area contributed by atoms with E-state index < -0.39 is 36.1 Å². The van der Waals surface area contributed by atoms with Gasteiger partial charge in [-0.2, -0.15) is 0 Å². The maximum absolute atomic E-state index is 12.9. The van der Waals surface area contributed by atoms with Crippen LogP contribution in [0.15, 0.2) is 54.6 Å². The van der Waals surface area contributed by atoms with E-state index in [2.05, 4.69) is 10.6 Å². The van der Waals surface area contributed by atoms with Crippen molar-refractivity contribution < 1.29 is 24.2 Å². The number of aliphatic hydroxyl groups excluding tert-OH is 1. The number of carbonyl (C=O) groups is 3. The molecule has 0 spiro atoms. The molecule has 0 saturated carbocycles. The molecule has 2 unspecified atom stereocenters. The van der Waals surface area contributed by atoms with Gasteiger partial charge in [0, 0.05) is 12.1 Å². The first kappa shape index (κ1) is 24.6. The number of aliphatic hydroxyl groups is 1. The lowest BCUT2D eigenvalue weighted by molar-refractivity contribution is -0.132. The van der Waals surface area contributed by atoms with Crippen molar-refractivity contribution in [3.05, 3.63) is 60.2 Å². The summed E-state index contributed by atoms with van der Waals surface area (Å²) < 4.78 is 5.16. The maximum Gasteiger partial charge on any atom is 0.251 e. The van der Waals surface area contributed by atoms with E-state index in [4.69, 9.17) is 10.5 Å². The van der Waals surface area contributed by atoms with Crippen LogP contribution in [0, 0.1) is 5.92 Å². The van der Waals surface area contributed by atoms with Crippen molar-refractivity contribution >= 4 is 17.6 Å². The highest BCUT2D eigenvalue weighted by Crippen LogP contribution is 2.30. The van der Waals surface area contributed by atoms with Gasteiger partial charge in [-0.1, -0.05) is 56.3 Å². The molecule has 33 heavy (non-hydrogen) atoms. The third kappa shape index (κ3) is 6.04. The number of hydrogen-bond acceptors (Lipinski definition) is 6. The number of rotatable bonds is 11. The predicted molar refractivity (Wildman–Crippen MR) is 124 cm³/mol. The topological polar surface area (TPSA) is 134 Å². The third-order valence-electron chi connectivity index (χ3n) is 5.63. The highest BCUT2D eigenvalue weighted by molar-refractivity contribution is 6.00. The van der Waals surface area contributed by atoms with Crippen molar-refractivity contribution in [2.75, 3.05) is 19.8 Å². The van der Waals surface area contributed by atoms with Crippen LogP contribution in [-0.4, -0.2) is 60.1 Å². The first-order valence-corrected chi connectivity index (χ1v) is 11.1. The first-order valence-electron chi connectivity index (χ1n) is 11.1. The Morgan fingerprint density at radius 1 is 1.03 bits per heavy atom. The number of benzene rings is 2. The smallest absolute Gasteiger partial charge is 0.251 e. The fraction of sp³-hybridized carbons (Fsp3) is 0.400. The summed E-state index contributed by atoms with van der Waals surface area (Å²) in [5.41, 5.74) is 6.76. The Hall–Kier alpha value is -3.07. The van der Waals surface area contributed by atoms with E-state index >= 15 is 0 Å². The molecule has 0 bridgehead atoms. The number of Topliss-reactive ketones (excluding diaryl/α,β-unsaturated/α-hetero) is 1. The van der Waals surface area contributed by atoms with Crippen LogP contribution in [0.3, 0.4) is 0 Å². The van der Waals surface area contributed by atoms with Gasteiger partial charge in [-0.15, -0.1) is 0 Å². The maximum atomic E-state index is 12.9. The number of epoxide rings is 1. The lowest BCUT2D eigenvalue weighted by atomic mass is 9.92. The average Bonchev–Trinajstić information content (AvgIpc) is 3.63. The first-order chi connectivity index (χ1) is 15.8. The second kappa shape index (κ2) is 10.7. The highest BCUT2D eigenvalue weighted by atomic mass is 16.6. The number of nitrogens with two attached hydrogens (primary N) is 1. The SMILES string of the molecule is CC(C)CC(NC(=O)[C@H](CN)NC(=O)c1cccc(-c2ccccc2)c1)C(=O)C1(CO)CO1. The number of amides is 2. The van der Waals surface area contributed by atoms with Gasteiger partial charge in [-0.3, -0.25) is 14.4 Å². The van der Waals surface area contributed by atoms with E-state index in [0.717, 1.165) is 11.1 Å². The van der Waals surface area contributed by atoms with Crippen LogP contribution < -0.4 is 16.4 Å². The van der Waals surface area contributed by atoms with Gasteiger partial charge in [0.15, 0.2) is 11.4 Å². The standard InChI is InChI=1S/C25H31N3O5/c1-16(2)11-20(22(30)25(14-29)15-33-25)27-24(32)21(13-26)28-23(31)19-10-6-9-18(12-19)17-7-4-3-5-8-17/h3-10,12,16,20-21,29H,11,13-15,26H2,1-2H3,(H,27,32)(H,28,31)/t20?,21-,25?/m0/s1. The van der Waals surface area contributed by atoms with Crippen molar-refractivity contribution in [3.8, 4) is 11.1 Å². The van der Waals surface area contributed by atoms with Crippen molar-refractivity contribution in [3.63, 3.8) is 0 Å². The molecule has 0 aliphatic carbocycles. The molecule has 3 atom stereocenters. The van der Waals surface area contributed by atoms with Gasteiger partial charge >= 0.3 is 0 Å². The van der Waals surface area contributed by atoms with Gasteiger partial charge in [0.2, 0.25) is 5.91 Å². The fourth-order valence-electron chi connectivity index (χ4n) is 3.64. The normalized spacial score (nSPS) is 18.9. The Kier molecular flexibility index (Phi) is 7.97. The van der Waals surface area contributed by atoms with Crippen molar-refractivity contribution in [1.29, 1.82) is 0 Å². The zero-order valence-electron chi connectivity index (χ0n) is 18.9. The van der Waals surface area contributed by atoms with Gasteiger partial charge in [-0.25, -0.2) is 0 Å². The highest BCUT2D eigenvalue weighted by Gasteiger charge is 2.54. The predicted octanol–water partition coefficient (Wildman–Crippen LogP) is 1.27. The minimum atomic E-state index is -1.24. The van der Waals surface area contributed by atoms with Gasteiger partial charge in [-0.05, 0) is 35.6 Å². The molecule has 176 valence electrons. The van der Waals surface area contributed by atoms with Crippen molar-refractivity contribution in [2.45, 2.75) is 38.0 Å². The number of ether oxygens (including phenoxy) is 1. The van der Waals surface area contributed by atoms with Gasteiger partial charge in [0.1, 0.15) is 6.04 Å². The molecule has 5 N–H and O–H groups in total. The second-order valence-corrected chi connectivity index (χ2v) is 8.70. The zero-order chi connectivity index (χ0) is 24.0. The van der Waals surface area contributed by atoms with Crippen LogP contribution in [0.5, 0.6) is 0 Å². The summed E-state index contributed by atoms with van der Waals surface area (Å²) in [6, 6.07) is 14.9. The van der Waals surface area contributed by atoms with Crippen LogP contribution in [0.1, 0.15) is 30.6 Å². The van der Waals surface area contributed by atoms with Gasteiger partial charge < -0.3 is 26.2 Å². The Labute approximate surface area is 193 Å². The monoisotopic (exact) mass is 453 g/mol. The van der Waals surface area contributed by atoms with Crippen LogP contribution in [0.4, 0.5) is 0 Å². The van der Waals surface area contributed by atoms with E-state index in [-0.39, 0.29) is 24.9 Å². The van der Waals surface area contributed by atoms with E-state index in [9.17, 15) is 19.5 Å². The summed E-state index contributed by atoms with van der Waals surface area (Å²) in [6.45, 7) is 3.40. The molecule has 1 aliphatic heterocycles. The van der Waals surface area contributed by atoms with Crippen LogP contribution in [0.2, 0.25) is 0 Å². The fourth-order valence-corrected chi connectivity index (χ4v) is 3.64. The molecule has 1 heterocycles. The van der Waals surface area contributed by atoms with Crippen molar-refractivity contribution in [1.82, 2.24) is 10.6 Å². The molecule has 8 heteroatoms. The number of ketones is 1. The summed E-state index contributed by atoms with van der Waals surface area (Å²) in [6.07, 6.45) is 0.375. The van der Waals surface area contributed by atoms with Crippen molar-refractivity contribution in [2.24, 2.45) is 11.7 Å². The van der Waals surface area contributed by atoms with Crippen LogP contribution >= 0.6 is 0 Å². The lowest BCUT2D eigenvalue weighted by Gasteiger charge is -2.25. The minimum absolute atomic E-state index is 0.111. The molecule has 2 aromatic rings. The third-order valence-corrected chi connectivity index (χ3v) is 5.63. The number of nitrogens with one attached hydrogen (secondary N) is 2. The molecule has 2 aromatic carbocycles. The molecule has 2 amide bonds. The largest absolute Gasteiger partial charge is 0.393 e. The summed E-state index contributed by atoms with van der Waals surface area (Å²) in [5, 5.41) is 14.9. The quantitative estimate of drug-likeness (QED) is 0.379. The van der Waals surface area contributed by atoms with E-state index in [0.29, 0.717) is 12.0 Å². The summed E-state index contributed by atoms with van der Waals surface area (Å²) >= 11 is 0. The van der Waals surface area contributed by atoms with E-state index in [1.54, 1.807) is 18.2 Å². The Morgan fingerprint density at radius 3 is 2.27 bits per heavy atom. The molecule has 1 aliphatic rings. The Bertz CT molecular complexity index is 989. The van der Waals surface area contributed by atoms with Gasteiger partial charge in [0.05, 0.1) is 19.3 Å². The van der Waals surface area contributed by atoms with E-state index in [1.807, 2.05) is 50.2 Å². The summed E-state index contributed by atoms with van der Waals surface area (Å²) in [5.74, 6) is -1.26. The summed E-state index contributed by atoms with van der Waals surface area (Å²) in [4.78, 5) is 38.6. The molecule has 0 aromatic heterocycles. The molecular formula is C25H31N3O5. The number of carbonyl (C=O) groups excluding carboxylic acids is 3. The minimum Gasteiger partial charge on any atom is -0.393 e. The molecular weight excluding hydrogens is 422 g/mol. The molecule has 1 saturated heterocycles. The van der Waals surface area contributed by atoms with Crippen LogP contribution in [0.25, 0.3) is 11.1 Å². The Balaban J connectivity index is 1.70. The summed E-state index contributed by atoms with van der Waals surface area (Å²) in [7, 11) is 0. The molecule has 3 rings (SSSR count). The zero-order valence-corrected chi connectivity index (χ0v) is 18.9. The van der Waals surface area contributed by atoms with E-state index in [1.165, 1.54) is 0 Å². The molecule has 1 fully saturated rings. The average molecular weight is 454 g/mol. The Morgan fingerprint density at radius 2 is 1.70 bits per heavy atom. The van der Waals surface area contributed by atoms with Gasteiger partial charge in [0.25, 0.3) is 5.91 Å². The number of hydrogen-bond donors (Lipinski definition) is 4.